The second-order valence-electron chi connectivity index (χ2n) is 4.64. The maximum atomic E-state index is 6.15. The quantitative estimate of drug-likeness (QED) is 0.917. The monoisotopic (exact) mass is 297 g/mol. The van der Waals surface area contributed by atoms with Crippen LogP contribution in [-0.4, -0.2) is 12.6 Å². The molecule has 94 valence electrons. The molecule has 0 spiro atoms. The molecular weight excluding hydrogens is 278 g/mol. The predicted octanol–water partition coefficient (Wildman–Crippen LogP) is 3.80. The number of halogens is 1. The molecule has 1 saturated carbocycles. The Morgan fingerprint density at radius 3 is 2.59 bits per heavy atom. The fourth-order valence-corrected chi connectivity index (χ4v) is 2.97. The van der Waals surface area contributed by atoms with Crippen molar-refractivity contribution in [2.75, 3.05) is 6.54 Å². The third kappa shape index (κ3) is 3.54. The van der Waals surface area contributed by atoms with Crippen LogP contribution >= 0.6 is 15.9 Å². The molecule has 2 nitrogen and oxygen atoms in total. The maximum absolute atomic E-state index is 6.15. The molecule has 0 aliphatic heterocycles. The minimum atomic E-state index is 0.0219. The van der Waals surface area contributed by atoms with E-state index in [9.17, 15) is 0 Å². The van der Waals surface area contributed by atoms with Crippen molar-refractivity contribution in [1.29, 1.82) is 0 Å². The van der Waals surface area contributed by atoms with Gasteiger partial charge in [0.05, 0.1) is 12.2 Å². The summed E-state index contributed by atoms with van der Waals surface area (Å²) in [6.45, 7) is 0.541. The van der Waals surface area contributed by atoms with E-state index in [1.807, 2.05) is 18.2 Å². The lowest BCUT2D eigenvalue weighted by atomic mass is 9.97. The number of benzene rings is 1. The minimum Gasteiger partial charge on any atom is -0.369 e. The first-order chi connectivity index (χ1) is 8.31. The lowest BCUT2D eigenvalue weighted by Crippen LogP contribution is -2.24. The Balaban J connectivity index is 2.03. The number of ether oxygens (including phenoxy) is 1. The number of rotatable bonds is 4. The highest BCUT2D eigenvalue weighted by atomic mass is 79.9. The van der Waals surface area contributed by atoms with Gasteiger partial charge in [0.15, 0.2) is 0 Å². The van der Waals surface area contributed by atoms with Crippen molar-refractivity contribution in [3.05, 3.63) is 34.3 Å². The van der Waals surface area contributed by atoms with Crippen molar-refractivity contribution in [2.45, 2.75) is 44.3 Å². The molecule has 1 aliphatic rings. The molecule has 2 rings (SSSR count). The third-order valence-electron chi connectivity index (χ3n) is 3.38. The van der Waals surface area contributed by atoms with E-state index in [4.69, 9.17) is 10.5 Å². The van der Waals surface area contributed by atoms with E-state index in [2.05, 4.69) is 22.0 Å². The lowest BCUT2D eigenvalue weighted by Gasteiger charge is -2.27. The van der Waals surface area contributed by atoms with Gasteiger partial charge in [-0.25, -0.2) is 0 Å². The Hall–Kier alpha value is -0.380. The van der Waals surface area contributed by atoms with Crippen molar-refractivity contribution in [1.82, 2.24) is 0 Å². The zero-order valence-corrected chi connectivity index (χ0v) is 11.7. The van der Waals surface area contributed by atoms with Crippen molar-refractivity contribution in [3.8, 4) is 0 Å². The Morgan fingerprint density at radius 2 is 1.94 bits per heavy atom. The second-order valence-corrected chi connectivity index (χ2v) is 5.50. The zero-order chi connectivity index (χ0) is 12.1. The summed E-state index contributed by atoms with van der Waals surface area (Å²) in [7, 11) is 0. The first-order valence-corrected chi connectivity index (χ1v) is 7.20. The molecule has 0 amide bonds. The van der Waals surface area contributed by atoms with E-state index >= 15 is 0 Å². The normalized spacial score (nSPS) is 19.2. The Kier molecular flexibility index (Phi) is 5.01. The summed E-state index contributed by atoms with van der Waals surface area (Å²) in [6, 6.07) is 8.18. The maximum Gasteiger partial charge on any atom is 0.0961 e. The van der Waals surface area contributed by atoms with Crippen LogP contribution in [0.15, 0.2) is 28.7 Å². The first-order valence-electron chi connectivity index (χ1n) is 6.41. The van der Waals surface area contributed by atoms with Crippen molar-refractivity contribution in [2.24, 2.45) is 5.73 Å². The molecule has 1 aromatic carbocycles. The summed E-state index contributed by atoms with van der Waals surface area (Å²) in [5.74, 6) is 0. The summed E-state index contributed by atoms with van der Waals surface area (Å²) < 4.78 is 7.24. The zero-order valence-electron chi connectivity index (χ0n) is 10.1. The van der Waals surface area contributed by atoms with Crippen molar-refractivity contribution in [3.63, 3.8) is 0 Å². The minimum absolute atomic E-state index is 0.0219. The van der Waals surface area contributed by atoms with E-state index in [1.165, 1.54) is 37.7 Å². The molecule has 1 atom stereocenters. The molecule has 0 heterocycles. The summed E-state index contributed by atoms with van der Waals surface area (Å²) in [5, 5.41) is 0. The standard InChI is InChI=1S/C14H20BrNO/c15-13-9-5-4-8-12(13)14(10-16)17-11-6-2-1-3-7-11/h4-5,8-9,11,14H,1-3,6-7,10,16H2. The lowest BCUT2D eigenvalue weighted by molar-refractivity contribution is -0.0272. The molecule has 1 fully saturated rings. The van der Waals surface area contributed by atoms with Gasteiger partial charge in [0.2, 0.25) is 0 Å². The van der Waals surface area contributed by atoms with Gasteiger partial charge in [-0.1, -0.05) is 53.4 Å². The summed E-state index contributed by atoms with van der Waals surface area (Å²) in [5.41, 5.74) is 7.01. The highest BCUT2D eigenvalue weighted by Crippen LogP contribution is 2.30. The molecule has 0 saturated heterocycles. The van der Waals surface area contributed by atoms with Crippen LogP contribution in [0, 0.1) is 0 Å². The van der Waals surface area contributed by atoms with Gasteiger partial charge in [0.1, 0.15) is 0 Å². The molecule has 1 unspecified atom stereocenters. The predicted molar refractivity (Wildman–Crippen MR) is 73.9 cm³/mol. The van der Waals surface area contributed by atoms with Gasteiger partial charge >= 0.3 is 0 Å². The van der Waals surface area contributed by atoms with E-state index in [1.54, 1.807) is 0 Å². The van der Waals surface area contributed by atoms with Gasteiger partial charge in [0, 0.05) is 11.0 Å². The molecule has 1 aliphatic carbocycles. The van der Waals surface area contributed by atoms with Crippen LogP contribution in [0.25, 0.3) is 0 Å². The second kappa shape index (κ2) is 6.53. The van der Waals surface area contributed by atoms with Crippen LogP contribution in [0.5, 0.6) is 0 Å². The van der Waals surface area contributed by atoms with Gasteiger partial charge in [0.25, 0.3) is 0 Å². The van der Waals surface area contributed by atoms with Crippen LogP contribution in [0.2, 0.25) is 0 Å². The average molecular weight is 298 g/mol. The number of nitrogens with two attached hydrogens (primary N) is 1. The first kappa shape index (κ1) is 13.1. The average Bonchev–Trinajstić information content (AvgIpc) is 2.38. The fraction of sp³-hybridized carbons (Fsp3) is 0.571. The molecule has 1 aromatic rings. The van der Waals surface area contributed by atoms with Crippen molar-refractivity contribution >= 4 is 15.9 Å². The van der Waals surface area contributed by atoms with Crippen molar-refractivity contribution < 1.29 is 4.74 Å². The fourth-order valence-electron chi connectivity index (χ4n) is 2.43. The van der Waals surface area contributed by atoms with Gasteiger partial charge in [-0.15, -0.1) is 0 Å². The van der Waals surface area contributed by atoms with Gasteiger partial charge in [-0.05, 0) is 24.5 Å². The van der Waals surface area contributed by atoms with Crippen LogP contribution in [0.1, 0.15) is 43.8 Å². The Morgan fingerprint density at radius 1 is 1.24 bits per heavy atom. The van der Waals surface area contributed by atoms with Crippen LogP contribution in [0.3, 0.4) is 0 Å². The SMILES string of the molecule is NCC(OC1CCCCC1)c1ccccc1Br. The third-order valence-corrected chi connectivity index (χ3v) is 4.10. The highest BCUT2D eigenvalue weighted by Gasteiger charge is 2.20. The van der Waals surface area contributed by atoms with Gasteiger partial charge < -0.3 is 10.5 Å². The summed E-state index contributed by atoms with van der Waals surface area (Å²) >= 11 is 3.57. The smallest absolute Gasteiger partial charge is 0.0961 e. The molecule has 0 aromatic heterocycles. The number of hydrogen-bond donors (Lipinski definition) is 1. The summed E-state index contributed by atoms with van der Waals surface area (Å²) in [4.78, 5) is 0. The molecule has 0 radical (unpaired) electrons. The molecular formula is C14H20BrNO. The van der Waals surface area contributed by atoms with E-state index in [0.29, 0.717) is 12.6 Å². The Bertz CT molecular complexity index is 350. The van der Waals surface area contributed by atoms with Gasteiger partial charge in [-0.3, -0.25) is 0 Å². The molecule has 2 N–H and O–H groups in total. The van der Waals surface area contributed by atoms with E-state index in [-0.39, 0.29) is 6.10 Å². The topological polar surface area (TPSA) is 35.2 Å². The largest absolute Gasteiger partial charge is 0.369 e. The van der Waals surface area contributed by atoms with E-state index in [0.717, 1.165) is 4.47 Å². The molecule has 3 heteroatoms. The highest BCUT2D eigenvalue weighted by molar-refractivity contribution is 9.10. The number of hydrogen-bond acceptors (Lipinski definition) is 2. The molecule has 0 bridgehead atoms. The summed E-state index contributed by atoms with van der Waals surface area (Å²) in [6.07, 6.45) is 6.71. The molecule has 17 heavy (non-hydrogen) atoms. The Labute approximate surface area is 112 Å². The van der Waals surface area contributed by atoms with Gasteiger partial charge in [-0.2, -0.15) is 0 Å². The van der Waals surface area contributed by atoms with Crippen LogP contribution in [0.4, 0.5) is 0 Å². The van der Waals surface area contributed by atoms with Crippen LogP contribution in [-0.2, 0) is 4.74 Å². The van der Waals surface area contributed by atoms with E-state index < -0.39 is 0 Å². The van der Waals surface area contributed by atoms with Crippen LogP contribution < -0.4 is 5.73 Å².